The number of aryl methyl sites for hydroxylation is 2. The van der Waals surface area contributed by atoms with Crippen LogP contribution in [0.3, 0.4) is 0 Å². The van der Waals surface area contributed by atoms with Crippen LogP contribution in [0.5, 0.6) is 0 Å². The number of benzene rings is 1. The molecule has 0 spiro atoms. The predicted molar refractivity (Wildman–Crippen MR) is 78.4 cm³/mol. The molecule has 0 unspecified atom stereocenters. The number of rotatable bonds is 2. The molecular weight excluding hydrogens is 260 g/mol. The van der Waals surface area contributed by atoms with Gasteiger partial charge in [-0.1, -0.05) is 36.0 Å². The minimum Gasteiger partial charge on any atom is -0.227 e. The Bertz CT molecular complexity index is 579. The molecule has 18 heavy (non-hydrogen) atoms. The Morgan fingerprint density at radius 2 is 1.83 bits per heavy atom. The average molecular weight is 274 g/mol. The lowest BCUT2D eigenvalue weighted by Gasteiger charge is -2.21. The molecule has 1 aliphatic rings. The quantitative estimate of drug-likeness (QED) is 0.474. The molecule has 0 saturated heterocycles. The fraction of sp³-hybridized carbons (Fsp3) is 0.286. The van der Waals surface area contributed by atoms with E-state index in [0.717, 1.165) is 23.0 Å². The molecule has 0 fully saturated rings. The lowest BCUT2D eigenvalue weighted by atomic mass is 9.89. The molecule has 1 heterocycles. The standard InChI is InChI=1S/C14H14N2S2/c1-17-13-12-10-6-4-3-5-9(10)7-8-11(12)15-14(16-13)18-2/h3-6H,7-8H2,1-2H3. The van der Waals surface area contributed by atoms with Crippen LogP contribution in [-0.4, -0.2) is 22.5 Å². The molecule has 0 N–H and O–H groups in total. The first-order valence-corrected chi connectivity index (χ1v) is 8.35. The maximum atomic E-state index is 4.68. The number of thioether (sulfide) groups is 2. The Labute approximate surface area is 116 Å². The fourth-order valence-electron chi connectivity index (χ4n) is 2.39. The summed E-state index contributed by atoms with van der Waals surface area (Å²) in [7, 11) is 0. The van der Waals surface area contributed by atoms with Gasteiger partial charge < -0.3 is 0 Å². The highest BCUT2D eigenvalue weighted by Crippen LogP contribution is 2.38. The molecule has 1 aromatic heterocycles. The normalized spacial score (nSPS) is 13.0. The Morgan fingerprint density at radius 3 is 2.61 bits per heavy atom. The highest BCUT2D eigenvalue weighted by Gasteiger charge is 2.21. The van der Waals surface area contributed by atoms with Crippen molar-refractivity contribution in [2.75, 3.05) is 12.5 Å². The molecule has 0 amide bonds. The molecule has 0 saturated carbocycles. The number of hydrogen-bond acceptors (Lipinski definition) is 4. The summed E-state index contributed by atoms with van der Waals surface area (Å²) in [6.07, 6.45) is 6.23. The Kier molecular flexibility index (Phi) is 3.31. The van der Waals surface area contributed by atoms with Crippen LogP contribution in [0, 0.1) is 0 Å². The van der Waals surface area contributed by atoms with E-state index in [1.807, 2.05) is 6.26 Å². The fourth-order valence-corrected chi connectivity index (χ4v) is 3.44. The lowest BCUT2D eigenvalue weighted by molar-refractivity contribution is 0.798. The van der Waals surface area contributed by atoms with Crippen LogP contribution < -0.4 is 0 Å². The molecule has 0 radical (unpaired) electrons. The van der Waals surface area contributed by atoms with E-state index in [-0.39, 0.29) is 0 Å². The molecule has 0 atom stereocenters. The van der Waals surface area contributed by atoms with Gasteiger partial charge in [-0.25, -0.2) is 9.97 Å². The molecule has 1 aliphatic carbocycles. The smallest absolute Gasteiger partial charge is 0.188 e. The van der Waals surface area contributed by atoms with Gasteiger partial charge in [0.25, 0.3) is 0 Å². The van der Waals surface area contributed by atoms with Crippen molar-refractivity contribution in [1.29, 1.82) is 0 Å². The van der Waals surface area contributed by atoms with Crippen LogP contribution >= 0.6 is 23.5 Å². The first-order valence-electron chi connectivity index (χ1n) is 5.90. The monoisotopic (exact) mass is 274 g/mol. The zero-order valence-corrected chi connectivity index (χ0v) is 12.1. The van der Waals surface area contributed by atoms with E-state index in [4.69, 9.17) is 0 Å². The van der Waals surface area contributed by atoms with Gasteiger partial charge in [0.2, 0.25) is 0 Å². The molecule has 1 aromatic carbocycles. The zero-order valence-electron chi connectivity index (χ0n) is 10.4. The van der Waals surface area contributed by atoms with Gasteiger partial charge in [-0.05, 0) is 36.5 Å². The third kappa shape index (κ3) is 1.93. The summed E-state index contributed by atoms with van der Waals surface area (Å²) in [5.41, 5.74) is 5.19. The minimum absolute atomic E-state index is 0.887. The molecule has 2 aromatic rings. The van der Waals surface area contributed by atoms with Crippen molar-refractivity contribution in [3.63, 3.8) is 0 Å². The minimum atomic E-state index is 0.887. The van der Waals surface area contributed by atoms with Crippen molar-refractivity contribution < 1.29 is 0 Å². The SMILES string of the molecule is CSc1nc2c(c(SC)n1)-c1ccccc1CC2. The van der Waals surface area contributed by atoms with Crippen molar-refractivity contribution >= 4 is 23.5 Å². The topological polar surface area (TPSA) is 25.8 Å². The highest BCUT2D eigenvalue weighted by molar-refractivity contribution is 7.99. The molecular formula is C14H14N2S2. The van der Waals surface area contributed by atoms with Gasteiger partial charge >= 0.3 is 0 Å². The number of fused-ring (bicyclic) bond motifs is 3. The summed E-state index contributed by atoms with van der Waals surface area (Å²) in [6.45, 7) is 0. The summed E-state index contributed by atoms with van der Waals surface area (Å²) >= 11 is 3.33. The molecule has 2 nitrogen and oxygen atoms in total. The Balaban J connectivity index is 2.26. The highest BCUT2D eigenvalue weighted by atomic mass is 32.2. The maximum Gasteiger partial charge on any atom is 0.188 e. The van der Waals surface area contributed by atoms with Crippen LogP contribution in [0.1, 0.15) is 11.3 Å². The van der Waals surface area contributed by atoms with E-state index in [1.165, 1.54) is 22.4 Å². The van der Waals surface area contributed by atoms with Crippen molar-refractivity contribution in [3.05, 3.63) is 35.5 Å². The number of aromatic nitrogens is 2. The van der Waals surface area contributed by atoms with E-state index < -0.39 is 0 Å². The van der Waals surface area contributed by atoms with Gasteiger partial charge in [-0.3, -0.25) is 0 Å². The van der Waals surface area contributed by atoms with Gasteiger partial charge in [0.05, 0.1) is 5.69 Å². The van der Waals surface area contributed by atoms with Crippen LogP contribution in [0.4, 0.5) is 0 Å². The van der Waals surface area contributed by atoms with Gasteiger partial charge in [-0.15, -0.1) is 11.8 Å². The average Bonchev–Trinajstić information content (AvgIpc) is 2.45. The summed E-state index contributed by atoms with van der Waals surface area (Å²) < 4.78 is 0. The van der Waals surface area contributed by atoms with E-state index in [9.17, 15) is 0 Å². The molecule has 3 rings (SSSR count). The van der Waals surface area contributed by atoms with Crippen molar-refractivity contribution in [2.24, 2.45) is 0 Å². The van der Waals surface area contributed by atoms with E-state index in [1.54, 1.807) is 23.5 Å². The first-order chi connectivity index (χ1) is 8.83. The second-order valence-corrected chi connectivity index (χ2v) is 5.77. The number of hydrogen-bond donors (Lipinski definition) is 0. The van der Waals surface area contributed by atoms with Gasteiger partial charge in [0.15, 0.2) is 5.16 Å². The molecule has 4 heteroatoms. The largest absolute Gasteiger partial charge is 0.227 e. The second-order valence-electron chi connectivity index (χ2n) is 4.20. The number of nitrogens with zero attached hydrogens (tertiary/aromatic N) is 2. The van der Waals surface area contributed by atoms with E-state index >= 15 is 0 Å². The van der Waals surface area contributed by atoms with Gasteiger partial charge in [-0.2, -0.15) is 0 Å². The summed E-state index contributed by atoms with van der Waals surface area (Å²) in [5, 5.41) is 1.99. The summed E-state index contributed by atoms with van der Waals surface area (Å²) in [4.78, 5) is 9.31. The van der Waals surface area contributed by atoms with Crippen molar-refractivity contribution in [2.45, 2.75) is 23.0 Å². The molecule has 0 bridgehead atoms. The van der Waals surface area contributed by atoms with Crippen molar-refractivity contribution in [1.82, 2.24) is 9.97 Å². The van der Waals surface area contributed by atoms with Crippen LogP contribution in [0.2, 0.25) is 0 Å². The summed E-state index contributed by atoms with van der Waals surface area (Å²) in [6, 6.07) is 8.61. The molecule has 0 aliphatic heterocycles. The third-order valence-electron chi connectivity index (χ3n) is 3.22. The lowest BCUT2D eigenvalue weighted by Crippen LogP contribution is -2.09. The van der Waals surface area contributed by atoms with Crippen LogP contribution in [0.15, 0.2) is 34.4 Å². The third-order valence-corrected chi connectivity index (χ3v) is 4.45. The van der Waals surface area contributed by atoms with Crippen LogP contribution in [0.25, 0.3) is 11.1 Å². The van der Waals surface area contributed by atoms with Crippen molar-refractivity contribution in [3.8, 4) is 11.1 Å². The van der Waals surface area contributed by atoms with Gasteiger partial charge in [0.1, 0.15) is 5.03 Å². The zero-order chi connectivity index (χ0) is 12.5. The maximum absolute atomic E-state index is 4.68. The Hall–Kier alpha value is -1.00. The summed E-state index contributed by atoms with van der Waals surface area (Å²) in [5.74, 6) is 0. The van der Waals surface area contributed by atoms with E-state index in [2.05, 4.69) is 40.5 Å². The first kappa shape index (κ1) is 12.1. The predicted octanol–water partition coefficient (Wildman–Crippen LogP) is 3.69. The Morgan fingerprint density at radius 1 is 1.00 bits per heavy atom. The molecule has 92 valence electrons. The second kappa shape index (κ2) is 4.94. The van der Waals surface area contributed by atoms with E-state index in [0.29, 0.717) is 0 Å². The van der Waals surface area contributed by atoms with Gasteiger partial charge in [0, 0.05) is 5.56 Å². The van der Waals surface area contributed by atoms with Crippen LogP contribution in [-0.2, 0) is 12.8 Å².